The lowest BCUT2D eigenvalue weighted by Gasteiger charge is -2.03. The zero-order valence-corrected chi connectivity index (χ0v) is 8.10. The van der Waals surface area contributed by atoms with Gasteiger partial charge in [0.05, 0.1) is 10.7 Å². The summed E-state index contributed by atoms with van der Waals surface area (Å²) in [7, 11) is 0. The molecule has 0 heterocycles. The van der Waals surface area contributed by atoms with Crippen LogP contribution in [0.2, 0.25) is 10.0 Å². The van der Waals surface area contributed by atoms with Gasteiger partial charge in [0.15, 0.2) is 0 Å². The minimum atomic E-state index is -0.0639. The van der Waals surface area contributed by atoms with Crippen molar-refractivity contribution in [2.75, 3.05) is 5.43 Å². The zero-order valence-electron chi connectivity index (χ0n) is 6.59. The number of anilines is 1. The second kappa shape index (κ2) is 4.20. The normalized spacial score (nSPS) is 9.38. The molecule has 0 unspecified atom stereocenters. The highest BCUT2D eigenvalue weighted by Crippen LogP contribution is 2.25. The summed E-state index contributed by atoms with van der Waals surface area (Å²) < 4.78 is 0. The highest BCUT2D eigenvalue weighted by atomic mass is 35.5. The number of nitrogens with one attached hydrogen (secondary N) is 1. The maximum Gasteiger partial charge on any atom is 0.208 e. The smallest absolute Gasteiger partial charge is 0.208 e. The van der Waals surface area contributed by atoms with Crippen molar-refractivity contribution in [2.24, 2.45) is 16.6 Å². The first-order chi connectivity index (χ1) is 6.09. The molecule has 13 heavy (non-hydrogen) atoms. The van der Waals surface area contributed by atoms with Crippen LogP contribution in [0.15, 0.2) is 23.3 Å². The van der Waals surface area contributed by atoms with Gasteiger partial charge in [-0.1, -0.05) is 23.2 Å². The Morgan fingerprint density at radius 2 is 2.00 bits per heavy atom. The Balaban J connectivity index is 2.84. The molecule has 0 bridgehead atoms. The van der Waals surface area contributed by atoms with E-state index in [9.17, 15) is 0 Å². The van der Waals surface area contributed by atoms with E-state index in [4.69, 9.17) is 34.7 Å². The maximum atomic E-state index is 5.82. The van der Waals surface area contributed by atoms with Gasteiger partial charge in [-0.25, -0.2) is 0 Å². The Bertz CT molecular complexity index is 333. The number of hydrogen-bond acceptors (Lipinski definition) is 2. The molecule has 1 aromatic carbocycles. The first-order valence-electron chi connectivity index (χ1n) is 3.39. The van der Waals surface area contributed by atoms with Crippen LogP contribution in [0.3, 0.4) is 0 Å². The Labute approximate surface area is 85.5 Å². The van der Waals surface area contributed by atoms with Crippen molar-refractivity contribution in [1.29, 1.82) is 0 Å². The van der Waals surface area contributed by atoms with Gasteiger partial charge >= 0.3 is 0 Å². The molecule has 0 saturated heterocycles. The van der Waals surface area contributed by atoms with Crippen LogP contribution in [0.4, 0.5) is 5.69 Å². The number of nitrogens with two attached hydrogens (primary N) is 2. The van der Waals surface area contributed by atoms with E-state index in [0.29, 0.717) is 15.7 Å². The number of guanidine groups is 1. The average molecular weight is 219 g/mol. The lowest BCUT2D eigenvalue weighted by Crippen LogP contribution is -2.23. The molecule has 0 aromatic heterocycles. The van der Waals surface area contributed by atoms with Crippen molar-refractivity contribution in [1.82, 2.24) is 0 Å². The third kappa shape index (κ3) is 3.01. The first-order valence-corrected chi connectivity index (χ1v) is 4.15. The molecule has 0 saturated carbocycles. The summed E-state index contributed by atoms with van der Waals surface area (Å²) in [5, 5.41) is 4.59. The van der Waals surface area contributed by atoms with Crippen LogP contribution >= 0.6 is 23.2 Å². The van der Waals surface area contributed by atoms with E-state index in [1.165, 1.54) is 0 Å². The van der Waals surface area contributed by atoms with Crippen LogP contribution < -0.4 is 16.9 Å². The highest BCUT2D eigenvalue weighted by Gasteiger charge is 1.98. The van der Waals surface area contributed by atoms with E-state index in [0.717, 1.165) is 0 Å². The molecule has 1 aromatic rings. The van der Waals surface area contributed by atoms with Gasteiger partial charge in [-0.2, -0.15) is 0 Å². The molecule has 1 rings (SSSR count). The molecule has 4 nitrogen and oxygen atoms in total. The van der Waals surface area contributed by atoms with E-state index >= 15 is 0 Å². The number of hydrogen-bond donors (Lipinski definition) is 3. The van der Waals surface area contributed by atoms with E-state index in [-0.39, 0.29) is 5.96 Å². The van der Waals surface area contributed by atoms with Crippen molar-refractivity contribution in [3.05, 3.63) is 28.2 Å². The van der Waals surface area contributed by atoms with Crippen molar-refractivity contribution in [3.63, 3.8) is 0 Å². The Hall–Kier alpha value is -1.13. The van der Waals surface area contributed by atoms with E-state index in [2.05, 4.69) is 10.5 Å². The second-order valence-electron chi connectivity index (χ2n) is 2.27. The molecular formula is C7H8Cl2N4. The topological polar surface area (TPSA) is 76.4 Å². The Kier molecular flexibility index (Phi) is 3.22. The number of nitrogens with zero attached hydrogens (tertiary/aromatic N) is 1. The highest BCUT2D eigenvalue weighted by molar-refractivity contribution is 6.36. The third-order valence-corrected chi connectivity index (χ3v) is 1.78. The van der Waals surface area contributed by atoms with Crippen molar-refractivity contribution < 1.29 is 0 Å². The third-order valence-electron chi connectivity index (χ3n) is 1.24. The van der Waals surface area contributed by atoms with Gasteiger partial charge in [-0.15, -0.1) is 5.10 Å². The standard InChI is InChI=1S/C7H8Cl2N4/c8-4-1-2-6(5(9)3-4)12-13-7(10)11/h1-3,12H,(H4,10,11,13). The van der Waals surface area contributed by atoms with Gasteiger partial charge in [-0.3, -0.25) is 5.43 Å². The number of rotatable bonds is 2. The minimum absolute atomic E-state index is 0.0639. The van der Waals surface area contributed by atoms with Gasteiger partial charge in [0.1, 0.15) is 0 Å². The van der Waals surface area contributed by atoms with Gasteiger partial charge in [-0.05, 0) is 18.2 Å². The van der Waals surface area contributed by atoms with Crippen molar-refractivity contribution >= 4 is 34.8 Å². The van der Waals surface area contributed by atoms with Crippen LogP contribution in [0.1, 0.15) is 0 Å². The summed E-state index contributed by atoms with van der Waals surface area (Å²) in [5.74, 6) is -0.0639. The largest absolute Gasteiger partial charge is 0.369 e. The van der Waals surface area contributed by atoms with Crippen LogP contribution in [-0.4, -0.2) is 5.96 Å². The molecule has 70 valence electrons. The Morgan fingerprint density at radius 3 is 2.54 bits per heavy atom. The SMILES string of the molecule is NC(N)=NNc1ccc(Cl)cc1Cl. The first kappa shape index (κ1) is 9.95. The summed E-state index contributed by atoms with van der Waals surface area (Å²) in [5.41, 5.74) is 13.4. The molecule has 0 radical (unpaired) electrons. The molecular weight excluding hydrogens is 211 g/mol. The summed E-state index contributed by atoms with van der Waals surface area (Å²) in [4.78, 5) is 0. The predicted octanol–water partition coefficient (Wildman–Crippen LogP) is 1.59. The van der Waals surface area contributed by atoms with Crippen LogP contribution in [0.25, 0.3) is 0 Å². The van der Waals surface area contributed by atoms with Crippen molar-refractivity contribution in [3.8, 4) is 0 Å². The van der Waals surface area contributed by atoms with Gasteiger partial charge in [0.2, 0.25) is 5.96 Å². The van der Waals surface area contributed by atoms with Crippen LogP contribution in [-0.2, 0) is 0 Å². The van der Waals surface area contributed by atoms with Crippen LogP contribution in [0, 0.1) is 0 Å². The van der Waals surface area contributed by atoms with E-state index in [1.807, 2.05) is 0 Å². The quantitative estimate of drug-likeness (QED) is 0.401. The fourth-order valence-corrected chi connectivity index (χ4v) is 1.16. The molecule has 0 spiro atoms. The summed E-state index contributed by atoms with van der Waals surface area (Å²) in [6, 6.07) is 4.95. The summed E-state index contributed by atoms with van der Waals surface area (Å²) in [6.45, 7) is 0. The van der Waals surface area contributed by atoms with Gasteiger partial charge in [0.25, 0.3) is 0 Å². The van der Waals surface area contributed by atoms with Gasteiger partial charge < -0.3 is 11.5 Å². The molecule has 6 heteroatoms. The number of halogens is 2. The fraction of sp³-hybridized carbons (Fsp3) is 0. The minimum Gasteiger partial charge on any atom is -0.369 e. The molecule has 0 amide bonds. The van der Waals surface area contributed by atoms with Gasteiger partial charge in [0, 0.05) is 5.02 Å². The van der Waals surface area contributed by atoms with E-state index in [1.54, 1.807) is 18.2 Å². The van der Waals surface area contributed by atoms with Crippen molar-refractivity contribution in [2.45, 2.75) is 0 Å². The monoisotopic (exact) mass is 218 g/mol. The fourth-order valence-electron chi connectivity index (χ4n) is 0.705. The maximum absolute atomic E-state index is 5.82. The molecule has 0 aliphatic carbocycles. The number of hydrazone groups is 1. The predicted molar refractivity (Wildman–Crippen MR) is 55.9 cm³/mol. The molecule has 0 aliphatic rings. The lowest BCUT2D eigenvalue weighted by atomic mass is 10.3. The Morgan fingerprint density at radius 1 is 1.31 bits per heavy atom. The average Bonchev–Trinajstić information content (AvgIpc) is 2.02. The van der Waals surface area contributed by atoms with E-state index < -0.39 is 0 Å². The zero-order chi connectivity index (χ0) is 9.84. The molecule has 0 atom stereocenters. The molecule has 0 aliphatic heterocycles. The molecule has 5 N–H and O–H groups in total. The molecule has 0 fully saturated rings. The summed E-state index contributed by atoms with van der Waals surface area (Å²) in [6.07, 6.45) is 0. The van der Waals surface area contributed by atoms with Crippen LogP contribution in [0.5, 0.6) is 0 Å². The number of benzene rings is 1. The second-order valence-corrected chi connectivity index (χ2v) is 3.12. The lowest BCUT2D eigenvalue weighted by molar-refractivity contribution is 1.29. The summed E-state index contributed by atoms with van der Waals surface area (Å²) >= 11 is 11.5.